The Morgan fingerprint density at radius 3 is 2.71 bits per heavy atom. The Balaban J connectivity index is 1.27. The van der Waals surface area contributed by atoms with E-state index in [1.165, 1.54) is 23.1 Å². The van der Waals surface area contributed by atoms with Crippen molar-refractivity contribution < 1.29 is 9.59 Å². The topological polar surface area (TPSA) is 62.3 Å². The van der Waals surface area contributed by atoms with Gasteiger partial charge in [-0.1, -0.05) is 89.9 Å². The number of nitrogens with zero attached hydrogens (tertiary/aromatic N) is 2. The van der Waals surface area contributed by atoms with Gasteiger partial charge in [0.25, 0.3) is 5.91 Å². The first-order valence-corrected chi connectivity index (χ1v) is 11.8. The maximum absolute atomic E-state index is 12.6. The molecule has 2 amide bonds. The Kier molecular flexibility index (Phi) is 6.91. The largest absolute Gasteiger partial charge is 0.302 e. The van der Waals surface area contributed by atoms with E-state index < -0.39 is 0 Å². The molecule has 1 N–H and O–H groups in total. The molecule has 1 aromatic heterocycles. The van der Waals surface area contributed by atoms with Crippen LogP contribution in [0.5, 0.6) is 0 Å². The second-order valence-corrected chi connectivity index (χ2v) is 9.47. The highest BCUT2D eigenvalue weighted by Gasteiger charge is 2.31. The van der Waals surface area contributed by atoms with Gasteiger partial charge in [0.2, 0.25) is 5.91 Å². The third kappa shape index (κ3) is 5.46. The highest BCUT2D eigenvalue weighted by atomic mass is 32.2. The molecule has 0 saturated carbocycles. The number of anilines is 1. The van der Waals surface area contributed by atoms with E-state index in [2.05, 4.69) is 10.3 Å². The van der Waals surface area contributed by atoms with Gasteiger partial charge >= 0.3 is 0 Å². The summed E-state index contributed by atoms with van der Waals surface area (Å²) in [5.41, 5.74) is 1.93. The number of allylic oxidation sites excluding steroid dienone is 2. The van der Waals surface area contributed by atoms with Crippen LogP contribution >= 0.6 is 35.3 Å². The van der Waals surface area contributed by atoms with Crippen molar-refractivity contribution in [3.05, 3.63) is 77.2 Å². The standard InChI is InChI=1S/C23H19N3O2S3/c27-20(25-22-24-17-11-4-5-12-18(17)30-22)14-7-15-26-21(28)19(31-23(26)29)13-6-10-16-8-2-1-3-9-16/h1-6,8-13H,7,14-15H2,(H,24,25,27). The van der Waals surface area contributed by atoms with Gasteiger partial charge in [-0.15, -0.1) is 0 Å². The van der Waals surface area contributed by atoms with Gasteiger partial charge in [0, 0.05) is 13.0 Å². The lowest BCUT2D eigenvalue weighted by Crippen LogP contribution is -2.29. The summed E-state index contributed by atoms with van der Waals surface area (Å²) in [6, 6.07) is 17.6. The summed E-state index contributed by atoms with van der Waals surface area (Å²) < 4.78 is 1.56. The summed E-state index contributed by atoms with van der Waals surface area (Å²) >= 11 is 8.09. The van der Waals surface area contributed by atoms with E-state index in [0.29, 0.717) is 33.7 Å². The number of amides is 2. The molecule has 0 spiro atoms. The molecule has 2 aromatic carbocycles. The average molecular weight is 466 g/mol. The monoisotopic (exact) mass is 465 g/mol. The van der Waals surface area contributed by atoms with Crippen molar-refractivity contribution in [1.29, 1.82) is 0 Å². The van der Waals surface area contributed by atoms with Gasteiger partial charge in [-0.3, -0.25) is 14.5 Å². The number of rotatable bonds is 7. The van der Waals surface area contributed by atoms with E-state index >= 15 is 0 Å². The minimum Gasteiger partial charge on any atom is -0.302 e. The van der Waals surface area contributed by atoms with Crippen LogP contribution in [-0.4, -0.2) is 32.6 Å². The first kappa shape index (κ1) is 21.4. The summed E-state index contributed by atoms with van der Waals surface area (Å²) in [6.45, 7) is 0.414. The number of para-hydroxylation sites is 1. The molecule has 1 fully saturated rings. The van der Waals surface area contributed by atoms with Crippen LogP contribution < -0.4 is 5.32 Å². The molecule has 2 heterocycles. The van der Waals surface area contributed by atoms with Crippen molar-refractivity contribution in [1.82, 2.24) is 9.88 Å². The Morgan fingerprint density at radius 1 is 1.13 bits per heavy atom. The number of fused-ring (bicyclic) bond motifs is 1. The quantitative estimate of drug-likeness (QED) is 0.370. The lowest BCUT2D eigenvalue weighted by Gasteiger charge is -2.13. The van der Waals surface area contributed by atoms with Gasteiger partial charge in [-0.05, 0) is 30.2 Å². The molecule has 0 aliphatic carbocycles. The second kappa shape index (κ2) is 10.00. The normalized spacial score (nSPS) is 15.5. The van der Waals surface area contributed by atoms with E-state index in [-0.39, 0.29) is 11.8 Å². The van der Waals surface area contributed by atoms with Gasteiger partial charge in [0.1, 0.15) is 4.32 Å². The summed E-state index contributed by atoms with van der Waals surface area (Å²) in [6.07, 6.45) is 6.40. The van der Waals surface area contributed by atoms with Crippen molar-refractivity contribution >= 4 is 72.9 Å². The number of aromatic nitrogens is 1. The van der Waals surface area contributed by atoms with Crippen molar-refractivity contribution in [3.8, 4) is 0 Å². The molecule has 3 aromatic rings. The fourth-order valence-corrected chi connectivity index (χ4v) is 5.17. The third-order valence-electron chi connectivity index (χ3n) is 4.54. The van der Waals surface area contributed by atoms with Crippen molar-refractivity contribution in [2.75, 3.05) is 11.9 Å². The van der Waals surface area contributed by atoms with E-state index in [4.69, 9.17) is 12.2 Å². The predicted octanol–water partition coefficient (Wildman–Crippen LogP) is 5.47. The zero-order valence-electron chi connectivity index (χ0n) is 16.5. The van der Waals surface area contributed by atoms with Gasteiger partial charge < -0.3 is 5.32 Å². The molecule has 1 saturated heterocycles. The zero-order chi connectivity index (χ0) is 21.6. The molecule has 1 aliphatic rings. The summed E-state index contributed by atoms with van der Waals surface area (Å²) in [4.78, 5) is 31.5. The number of carbonyl (C=O) groups is 2. The minimum atomic E-state index is -0.120. The number of thiazole rings is 1. The van der Waals surface area contributed by atoms with E-state index in [0.717, 1.165) is 15.8 Å². The number of benzene rings is 2. The first-order chi connectivity index (χ1) is 15.1. The highest BCUT2D eigenvalue weighted by Crippen LogP contribution is 2.31. The number of nitrogens with one attached hydrogen (secondary N) is 1. The maximum Gasteiger partial charge on any atom is 0.266 e. The molecule has 0 atom stereocenters. The van der Waals surface area contributed by atoms with E-state index in [9.17, 15) is 9.59 Å². The van der Waals surface area contributed by atoms with Crippen LogP contribution in [0.4, 0.5) is 5.13 Å². The van der Waals surface area contributed by atoms with E-state index in [1.54, 1.807) is 11.0 Å². The SMILES string of the molecule is O=C(CCCN1C(=O)C(=CC=Cc2ccccc2)SC1=S)Nc1nc2ccccc2s1. The Morgan fingerprint density at radius 2 is 1.90 bits per heavy atom. The van der Waals surface area contributed by atoms with Crippen LogP contribution in [-0.2, 0) is 9.59 Å². The summed E-state index contributed by atoms with van der Waals surface area (Å²) in [5, 5.41) is 3.43. The Hall–Kier alpha value is -2.81. The third-order valence-corrected chi connectivity index (χ3v) is 6.88. The predicted molar refractivity (Wildman–Crippen MR) is 133 cm³/mol. The maximum atomic E-state index is 12.6. The van der Waals surface area contributed by atoms with Crippen LogP contribution in [0.25, 0.3) is 16.3 Å². The van der Waals surface area contributed by atoms with Gasteiger partial charge in [-0.2, -0.15) is 0 Å². The molecule has 5 nitrogen and oxygen atoms in total. The van der Waals surface area contributed by atoms with Gasteiger partial charge in [0.15, 0.2) is 5.13 Å². The fraction of sp³-hybridized carbons (Fsp3) is 0.130. The second-order valence-electron chi connectivity index (χ2n) is 6.76. The Labute approximate surface area is 193 Å². The van der Waals surface area contributed by atoms with Crippen molar-refractivity contribution in [2.45, 2.75) is 12.8 Å². The molecule has 0 radical (unpaired) electrons. The van der Waals surface area contributed by atoms with Gasteiger partial charge in [0.05, 0.1) is 15.1 Å². The Bertz CT molecular complexity index is 1150. The number of thioether (sulfide) groups is 1. The number of thiocarbonyl (C=S) groups is 1. The van der Waals surface area contributed by atoms with Gasteiger partial charge in [-0.25, -0.2) is 4.98 Å². The molecule has 0 unspecified atom stereocenters. The van der Waals surface area contributed by atoms with E-state index in [1.807, 2.05) is 66.7 Å². The van der Waals surface area contributed by atoms with Crippen molar-refractivity contribution in [2.24, 2.45) is 0 Å². The zero-order valence-corrected chi connectivity index (χ0v) is 18.9. The van der Waals surface area contributed by atoms with Crippen LogP contribution in [0.3, 0.4) is 0 Å². The summed E-state index contributed by atoms with van der Waals surface area (Å²) in [5.74, 6) is -0.231. The molecule has 1 aliphatic heterocycles. The van der Waals surface area contributed by atoms with Crippen molar-refractivity contribution in [3.63, 3.8) is 0 Å². The minimum absolute atomic E-state index is 0.112. The smallest absolute Gasteiger partial charge is 0.266 e. The van der Waals surface area contributed by atoms with Crippen LogP contribution in [0, 0.1) is 0 Å². The fourth-order valence-electron chi connectivity index (χ4n) is 3.02. The molecular weight excluding hydrogens is 446 g/mol. The summed E-state index contributed by atoms with van der Waals surface area (Å²) in [7, 11) is 0. The van der Waals surface area contributed by atoms with Crippen LogP contribution in [0.2, 0.25) is 0 Å². The molecular formula is C23H19N3O2S3. The molecule has 0 bridgehead atoms. The van der Waals surface area contributed by atoms with Crippen LogP contribution in [0.1, 0.15) is 18.4 Å². The average Bonchev–Trinajstić information content (AvgIpc) is 3.29. The molecule has 31 heavy (non-hydrogen) atoms. The number of carbonyl (C=O) groups excluding carboxylic acids is 2. The number of hydrogen-bond donors (Lipinski definition) is 1. The molecule has 8 heteroatoms. The molecule has 4 rings (SSSR count). The lowest BCUT2D eigenvalue weighted by atomic mass is 10.2. The van der Waals surface area contributed by atoms with Crippen LogP contribution in [0.15, 0.2) is 71.7 Å². The number of hydrogen-bond acceptors (Lipinski definition) is 6. The lowest BCUT2D eigenvalue weighted by molar-refractivity contribution is -0.122. The first-order valence-electron chi connectivity index (χ1n) is 9.73. The molecule has 156 valence electrons. The highest BCUT2D eigenvalue weighted by molar-refractivity contribution is 8.26.